The Morgan fingerprint density at radius 3 is 2.76 bits per heavy atom. The monoisotopic (exact) mass is 317 g/mol. The van der Waals surface area contributed by atoms with Crippen LogP contribution in [0.25, 0.3) is 0 Å². The number of nitrogen functional groups attached to an aromatic ring is 1. The Bertz CT molecular complexity index is 705. The largest absolute Gasteiger partial charge is 0.480 e. The molecule has 1 atom stereocenters. The molecule has 0 aromatic carbocycles. The summed E-state index contributed by atoms with van der Waals surface area (Å²) in [6.07, 6.45) is 0.899. The number of carboxylic acids is 1. The fourth-order valence-corrected chi connectivity index (χ4v) is 3.34. The first-order valence-corrected chi connectivity index (χ1v) is 7.40. The SMILES string of the molecule is Nc1nc(N2CCS(=O)(=O)C(C(=O)O)C2)ncc1[N+](=O)[O-]. The zero-order valence-electron chi connectivity index (χ0n) is 10.5. The van der Waals surface area contributed by atoms with Gasteiger partial charge in [0.05, 0.1) is 10.7 Å². The van der Waals surface area contributed by atoms with E-state index in [1.807, 2.05) is 0 Å². The van der Waals surface area contributed by atoms with E-state index < -0.39 is 31.7 Å². The molecule has 0 spiro atoms. The first kappa shape index (κ1) is 14.9. The van der Waals surface area contributed by atoms with Crippen LogP contribution in [0.4, 0.5) is 17.5 Å². The van der Waals surface area contributed by atoms with Gasteiger partial charge in [0, 0.05) is 13.1 Å². The summed E-state index contributed by atoms with van der Waals surface area (Å²) in [5.74, 6) is -2.25. The summed E-state index contributed by atoms with van der Waals surface area (Å²) in [7, 11) is -3.73. The number of nitrogens with two attached hydrogens (primary N) is 1. The predicted molar refractivity (Wildman–Crippen MR) is 70.5 cm³/mol. The van der Waals surface area contributed by atoms with Gasteiger partial charge in [0.25, 0.3) is 0 Å². The van der Waals surface area contributed by atoms with Gasteiger partial charge in [-0.05, 0) is 0 Å². The second kappa shape index (κ2) is 5.12. The number of anilines is 2. The van der Waals surface area contributed by atoms with Crippen LogP contribution in [0.2, 0.25) is 0 Å². The first-order chi connectivity index (χ1) is 9.72. The number of nitro groups is 1. The van der Waals surface area contributed by atoms with Gasteiger partial charge in [0.15, 0.2) is 15.1 Å². The molecule has 0 amide bonds. The molecule has 0 aliphatic carbocycles. The highest BCUT2D eigenvalue weighted by Gasteiger charge is 2.39. The van der Waals surface area contributed by atoms with Crippen molar-refractivity contribution < 1.29 is 23.2 Å². The van der Waals surface area contributed by atoms with E-state index in [1.54, 1.807) is 0 Å². The molecule has 0 saturated carbocycles. The van der Waals surface area contributed by atoms with Crippen molar-refractivity contribution >= 4 is 33.3 Å². The molecule has 0 radical (unpaired) electrons. The summed E-state index contributed by atoms with van der Waals surface area (Å²) < 4.78 is 23.3. The van der Waals surface area contributed by atoms with E-state index in [-0.39, 0.29) is 30.6 Å². The van der Waals surface area contributed by atoms with Crippen LogP contribution in [0.5, 0.6) is 0 Å². The summed E-state index contributed by atoms with van der Waals surface area (Å²) >= 11 is 0. The highest BCUT2D eigenvalue weighted by atomic mass is 32.2. The molecule has 11 nitrogen and oxygen atoms in total. The van der Waals surface area contributed by atoms with Crippen molar-refractivity contribution in [1.82, 2.24) is 9.97 Å². The minimum absolute atomic E-state index is 0.0106. The van der Waals surface area contributed by atoms with E-state index in [0.717, 1.165) is 6.20 Å². The van der Waals surface area contributed by atoms with Gasteiger partial charge >= 0.3 is 11.7 Å². The highest BCUT2D eigenvalue weighted by Crippen LogP contribution is 2.22. The number of hydrogen-bond donors (Lipinski definition) is 2. The van der Waals surface area contributed by atoms with Gasteiger partial charge in [-0.3, -0.25) is 14.9 Å². The molecule has 21 heavy (non-hydrogen) atoms. The smallest absolute Gasteiger partial charge is 0.329 e. The van der Waals surface area contributed by atoms with Crippen molar-refractivity contribution in [3.05, 3.63) is 16.3 Å². The summed E-state index contributed by atoms with van der Waals surface area (Å²) in [5.41, 5.74) is 4.95. The second-order valence-corrected chi connectivity index (χ2v) is 6.64. The molecule has 0 bridgehead atoms. The number of carboxylic acid groups (broad SMARTS) is 1. The lowest BCUT2D eigenvalue weighted by Gasteiger charge is -2.30. The quantitative estimate of drug-likeness (QED) is 0.502. The van der Waals surface area contributed by atoms with Crippen LogP contribution >= 0.6 is 0 Å². The van der Waals surface area contributed by atoms with Crippen LogP contribution < -0.4 is 10.6 Å². The van der Waals surface area contributed by atoms with Gasteiger partial charge in [0.1, 0.15) is 6.20 Å². The molecule has 2 heterocycles. The third kappa shape index (κ3) is 2.84. The first-order valence-electron chi connectivity index (χ1n) is 5.68. The Labute approximate surface area is 118 Å². The standard InChI is InChI=1S/C9H11N5O6S/c10-7-5(14(17)18)3-11-9(12-7)13-1-2-21(19,20)6(4-13)8(15)16/h3,6H,1-2,4H2,(H,15,16)(H2,10,11,12). The number of hydrogen-bond acceptors (Lipinski definition) is 9. The molecule has 1 unspecified atom stereocenters. The van der Waals surface area contributed by atoms with Crippen molar-refractivity contribution in [2.75, 3.05) is 29.5 Å². The lowest BCUT2D eigenvalue weighted by Crippen LogP contribution is -2.51. The molecule has 1 aromatic heterocycles. The fraction of sp³-hybridized carbons (Fsp3) is 0.444. The molecule has 12 heteroatoms. The minimum atomic E-state index is -3.73. The Morgan fingerprint density at radius 2 is 2.24 bits per heavy atom. The maximum absolute atomic E-state index is 11.6. The molecule has 1 aliphatic heterocycles. The number of aromatic nitrogens is 2. The van der Waals surface area contributed by atoms with Gasteiger partial charge in [-0.25, -0.2) is 13.4 Å². The van der Waals surface area contributed by atoms with E-state index in [9.17, 15) is 23.3 Å². The van der Waals surface area contributed by atoms with E-state index in [2.05, 4.69) is 9.97 Å². The molecule has 2 rings (SSSR count). The third-order valence-corrected chi connectivity index (χ3v) is 4.97. The van der Waals surface area contributed by atoms with Gasteiger partial charge in [-0.15, -0.1) is 0 Å². The lowest BCUT2D eigenvalue weighted by molar-refractivity contribution is -0.384. The van der Waals surface area contributed by atoms with Gasteiger partial charge in [-0.2, -0.15) is 4.98 Å². The van der Waals surface area contributed by atoms with Gasteiger partial charge in [0.2, 0.25) is 11.8 Å². The second-order valence-electron chi connectivity index (χ2n) is 4.34. The van der Waals surface area contributed by atoms with E-state index >= 15 is 0 Å². The molecule has 3 N–H and O–H groups in total. The minimum Gasteiger partial charge on any atom is -0.480 e. The third-order valence-electron chi connectivity index (χ3n) is 3.01. The number of aliphatic carboxylic acids is 1. The zero-order chi connectivity index (χ0) is 15.8. The van der Waals surface area contributed by atoms with Gasteiger partial charge in [-0.1, -0.05) is 0 Å². The van der Waals surface area contributed by atoms with Crippen molar-refractivity contribution in [2.24, 2.45) is 0 Å². The summed E-state index contributed by atoms with van der Waals surface area (Å²) in [5, 5.41) is 18.0. The number of carbonyl (C=O) groups is 1. The van der Waals surface area contributed by atoms with Crippen molar-refractivity contribution in [1.29, 1.82) is 0 Å². The zero-order valence-corrected chi connectivity index (χ0v) is 11.4. The number of rotatable bonds is 3. The van der Waals surface area contributed by atoms with Crippen LogP contribution in [-0.4, -0.2) is 58.5 Å². The summed E-state index contributed by atoms with van der Waals surface area (Å²) in [6, 6.07) is 0. The highest BCUT2D eigenvalue weighted by molar-refractivity contribution is 7.92. The van der Waals surface area contributed by atoms with E-state index in [1.165, 1.54) is 4.90 Å². The van der Waals surface area contributed by atoms with Crippen LogP contribution in [-0.2, 0) is 14.6 Å². The van der Waals surface area contributed by atoms with Crippen LogP contribution in [0.1, 0.15) is 0 Å². The molecular formula is C9H11N5O6S. The Morgan fingerprint density at radius 1 is 1.57 bits per heavy atom. The van der Waals surface area contributed by atoms with Crippen LogP contribution in [0.3, 0.4) is 0 Å². The summed E-state index contributed by atoms with van der Waals surface area (Å²) in [6.45, 7) is -0.349. The molecule has 1 aliphatic rings. The summed E-state index contributed by atoms with van der Waals surface area (Å²) in [4.78, 5) is 29.6. The maximum atomic E-state index is 11.6. The molecule has 1 aromatic rings. The Balaban J connectivity index is 2.30. The van der Waals surface area contributed by atoms with E-state index in [0.29, 0.717) is 0 Å². The van der Waals surface area contributed by atoms with Crippen molar-refractivity contribution in [3.8, 4) is 0 Å². The van der Waals surface area contributed by atoms with Crippen LogP contribution in [0, 0.1) is 10.1 Å². The van der Waals surface area contributed by atoms with Crippen LogP contribution in [0.15, 0.2) is 6.20 Å². The average molecular weight is 317 g/mol. The normalized spacial score (nSPS) is 21.0. The predicted octanol–water partition coefficient (Wildman–Crippen LogP) is -1.34. The van der Waals surface area contributed by atoms with E-state index in [4.69, 9.17) is 10.8 Å². The molecular weight excluding hydrogens is 306 g/mol. The van der Waals surface area contributed by atoms with Gasteiger partial charge < -0.3 is 15.7 Å². The lowest BCUT2D eigenvalue weighted by atomic mass is 10.3. The molecule has 1 saturated heterocycles. The van der Waals surface area contributed by atoms with Crippen molar-refractivity contribution in [2.45, 2.75) is 5.25 Å². The average Bonchev–Trinajstić information content (AvgIpc) is 2.37. The fourth-order valence-electron chi connectivity index (χ4n) is 1.87. The topological polar surface area (TPSA) is 170 Å². The molecule has 114 valence electrons. The Kier molecular flexibility index (Phi) is 3.63. The maximum Gasteiger partial charge on any atom is 0.329 e. The number of nitrogens with zero attached hydrogens (tertiary/aromatic N) is 4. The number of sulfone groups is 1. The molecule has 1 fully saturated rings. The Hall–Kier alpha value is -2.50. The van der Waals surface area contributed by atoms with Crippen molar-refractivity contribution in [3.63, 3.8) is 0 Å².